The highest BCUT2D eigenvalue weighted by Crippen LogP contribution is 2.65. The Morgan fingerprint density at radius 3 is 2.35 bits per heavy atom. The van der Waals surface area contributed by atoms with Crippen molar-refractivity contribution in [2.75, 3.05) is 0 Å². The van der Waals surface area contributed by atoms with Crippen LogP contribution in [0.5, 0.6) is 0 Å². The Balaban J connectivity index is 1.52. The molecule has 0 aromatic carbocycles. The van der Waals surface area contributed by atoms with Crippen LogP contribution in [-0.4, -0.2) is 29.2 Å². The SMILES string of the molecule is CCC(C)[C@H](NC(=O)NC1C2C3CCC(C3)C12)C(=O)O. The van der Waals surface area contributed by atoms with E-state index in [9.17, 15) is 14.7 Å². The van der Waals surface area contributed by atoms with E-state index in [-0.39, 0.29) is 11.9 Å². The lowest BCUT2D eigenvalue weighted by Gasteiger charge is -2.21. The molecule has 5 heteroatoms. The first-order chi connectivity index (χ1) is 9.52. The second-order valence-corrected chi connectivity index (χ2v) is 6.83. The third kappa shape index (κ3) is 2.17. The maximum absolute atomic E-state index is 12.0. The minimum Gasteiger partial charge on any atom is -0.480 e. The number of nitrogens with one attached hydrogen (secondary N) is 2. The number of carboxylic acid groups (broad SMARTS) is 1. The molecule has 0 aliphatic heterocycles. The zero-order valence-electron chi connectivity index (χ0n) is 12.1. The Bertz CT molecular complexity index is 409. The highest BCUT2D eigenvalue weighted by Gasteiger charge is 2.65. The van der Waals surface area contributed by atoms with Crippen LogP contribution in [0.25, 0.3) is 0 Å². The molecule has 0 radical (unpaired) electrons. The van der Waals surface area contributed by atoms with Crippen LogP contribution in [0.2, 0.25) is 0 Å². The van der Waals surface area contributed by atoms with E-state index in [4.69, 9.17) is 0 Å². The van der Waals surface area contributed by atoms with Gasteiger partial charge < -0.3 is 15.7 Å². The summed E-state index contributed by atoms with van der Waals surface area (Å²) in [6.07, 6.45) is 4.71. The third-order valence-electron chi connectivity index (χ3n) is 5.80. The van der Waals surface area contributed by atoms with Gasteiger partial charge in [-0.1, -0.05) is 20.3 Å². The molecule has 3 fully saturated rings. The molecule has 0 aromatic heterocycles. The molecule has 112 valence electrons. The minimum absolute atomic E-state index is 0.0619. The number of aliphatic carboxylic acids is 1. The highest BCUT2D eigenvalue weighted by atomic mass is 16.4. The van der Waals surface area contributed by atoms with Gasteiger partial charge in [0, 0.05) is 6.04 Å². The standard InChI is InChI=1S/C15H24N2O3/c1-3-7(2)12(14(18)19)16-15(20)17-13-10-8-4-5-9(6-8)11(10)13/h7-13H,3-6H2,1-2H3,(H,18,19)(H2,16,17,20)/t7?,8?,9?,10?,11?,12-,13?/m0/s1. The molecule has 5 nitrogen and oxygen atoms in total. The van der Waals surface area contributed by atoms with Crippen molar-refractivity contribution in [1.82, 2.24) is 10.6 Å². The van der Waals surface area contributed by atoms with Gasteiger partial charge >= 0.3 is 12.0 Å². The van der Waals surface area contributed by atoms with Crippen molar-refractivity contribution >= 4 is 12.0 Å². The number of carboxylic acids is 1. The maximum Gasteiger partial charge on any atom is 0.326 e. The van der Waals surface area contributed by atoms with Crippen molar-refractivity contribution in [2.24, 2.45) is 29.6 Å². The van der Waals surface area contributed by atoms with E-state index < -0.39 is 12.0 Å². The second-order valence-electron chi connectivity index (χ2n) is 6.83. The Labute approximate surface area is 119 Å². The summed E-state index contributed by atoms with van der Waals surface area (Å²) >= 11 is 0. The summed E-state index contributed by atoms with van der Waals surface area (Å²) in [5, 5.41) is 14.8. The predicted molar refractivity (Wildman–Crippen MR) is 74.1 cm³/mol. The van der Waals surface area contributed by atoms with Gasteiger partial charge in [-0.3, -0.25) is 0 Å². The van der Waals surface area contributed by atoms with E-state index in [1.807, 2.05) is 13.8 Å². The van der Waals surface area contributed by atoms with Gasteiger partial charge in [-0.05, 0) is 48.9 Å². The molecule has 2 bridgehead atoms. The normalized spacial score (nSPS) is 39.8. The molecule has 3 N–H and O–H groups in total. The molecular weight excluding hydrogens is 256 g/mol. The van der Waals surface area contributed by atoms with Crippen molar-refractivity contribution in [2.45, 2.75) is 51.6 Å². The third-order valence-corrected chi connectivity index (χ3v) is 5.80. The summed E-state index contributed by atoms with van der Waals surface area (Å²) in [5.74, 6) is 1.94. The molecule has 0 spiro atoms. The van der Waals surface area contributed by atoms with Crippen LogP contribution in [0.15, 0.2) is 0 Å². The van der Waals surface area contributed by atoms with Crippen LogP contribution in [-0.2, 0) is 4.79 Å². The van der Waals surface area contributed by atoms with Crippen LogP contribution in [0, 0.1) is 29.6 Å². The van der Waals surface area contributed by atoms with Gasteiger partial charge in [0.05, 0.1) is 0 Å². The number of hydrogen-bond acceptors (Lipinski definition) is 2. The number of amides is 2. The fourth-order valence-corrected chi connectivity index (χ4v) is 4.54. The monoisotopic (exact) mass is 280 g/mol. The Morgan fingerprint density at radius 1 is 1.25 bits per heavy atom. The number of carbonyl (C=O) groups is 2. The molecule has 0 saturated heterocycles. The highest BCUT2D eigenvalue weighted by molar-refractivity contribution is 5.83. The number of carbonyl (C=O) groups excluding carboxylic acids is 1. The summed E-state index contributed by atoms with van der Waals surface area (Å²) in [4.78, 5) is 23.2. The molecular formula is C15H24N2O3. The molecule has 3 rings (SSSR count). The Hall–Kier alpha value is -1.26. The second kappa shape index (κ2) is 4.93. The van der Waals surface area contributed by atoms with E-state index in [2.05, 4.69) is 10.6 Å². The molecule has 2 amide bonds. The predicted octanol–water partition coefficient (Wildman–Crippen LogP) is 1.83. The van der Waals surface area contributed by atoms with E-state index in [0.717, 1.165) is 18.3 Å². The zero-order chi connectivity index (χ0) is 14.4. The lowest BCUT2D eigenvalue weighted by Crippen LogP contribution is -2.50. The van der Waals surface area contributed by atoms with Crippen LogP contribution >= 0.6 is 0 Å². The topological polar surface area (TPSA) is 78.4 Å². The average Bonchev–Trinajstić information content (AvgIpc) is 2.82. The summed E-state index contributed by atoms with van der Waals surface area (Å²) in [6.45, 7) is 3.79. The molecule has 5 unspecified atom stereocenters. The van der Waals surface area contributed by atoms with E-state index >= 15 is 0 Å². The number of hydrogen-bond donors (Lipinski definition) is 3. The van der Waals surface area contributed by atoms with E-state index in [1.54, 1.807) is 0 Å². The van der Waals surface area contributed by atoms with Gasteiger partial charge in [-0.2, -0.15) is 0 Å². The largest absolute Gasteiger partial charge is 0.480 e. The summed E-state index contributed by atoms with van der Waals surface area (Å²) in [7, 11) is 0. The molecule has 0 heterocycles. The summed E-state index contributed by atoms with van der Waals surface area (Å²) < 4.78 is 0. The van der Waals surface area contributed by atoms with Crippen molar-refractivity contribution in [3.63, 3.8) is 0 Å². The minimum atomic E-state index is -0.953. The molecule has 3 saturated carbocycles. The molecule has 0 aromatic rings. The summed E-state index contributed by atoms with van der Waals surface area (Å²) in [6, 6.07) is -0.806. The van der Waals surface area contributed by atoms with Gasteiger partial charge in [0.25, 0.3) is 0 Å². The number of rotatable bonds is 5. The first-order valence-corrected chi connectivity index (χ1v) is 7.82. The zero-order valence-corrected chi connectivity index (χ0v) is 12.1. The van der Waals surface area contributed by atoms with E-state index in [0.29, 0.717) is 17.9 Å². The number of urea groups is 1. The Kier molecular flexibility index (Phi) is 3.38. The molecule has 3 aliphatic rings. The molecule has 20 heavy (non-hydrogen) atoms. The maximum atomic E-state index is 12.0. The average molecular weight is 280 g/mol. The van der Waals surface area contributed by atoms with Crippen molar-refractivity contribution in [3.8, 4) is 0 Å². The van der Waals surface area contributed by atoms with Gasteiger partial charge in [0.15, 0.2) is 0 Å². The van der Waals surface area contributed by atoms with Crippen LogP contribution < -0.4 is 10.6 Å². The number of fused-ring (bicyclic) bond motifs is 5. The lowest BCUT2D eigenvalue weighted by atomic mass is 9.99. The van der Waals surface area contributed by atoms with Crippen molar-refractivity contribution in [3.05, 3.63) is 0 Å². The molecule has 6 atom stereocenters. The molecule has 3 aliphatic carbocycles. The van der Waals surface area contributed by atoms with Gasteiger partial charge in [0.1, 0.15) is 6.04 Å². The van der Waals surface area contributed by atoms with Crippen molar-refractivity contribution in [1.29, 1.82) is 0 Å². The van der Waals surface area contributed by atoms with Crippen LogP contribution in [0.4, 0.5) is 4.79 Å². The van der Waals surface area contributed by atoms with Crippen molar-refractivity contribution < 1.29 is 14.7 Å². The summed E-state index contributed by atoms with van der Waals surface area (Å²) in [5.41, 5.74) is 0. The van der Waals surface area contributed by atoms with Crippen LogP contribution in [0.1, 0.15) is 39.5 Å². The quantitative estimate of drug-likeness (QED) is 0.719. The fraction of sp³-hybridized carbons (Fsp3) is 0.867. The first-order valence-electron chi connectivity index (χ1n) is 7.82. The van der Waals surface area contributed by atoms with Gasteiger partial charge in [-0.25, -0.2) is 9.59 Å². The first kappa shape index (κ1) is 13.7. The lowest BCUT2D eigenvalue weighted by molar-refractivity contribution is -0.140. The van der Waals surface area contributed by atoms with E-state index in [1.165, 1.54) is 19.3 Å². The van der Waals surface area contributed by atoms with Gasteiger partial charge in [-0.15, -0.1) is 0 Å². The van der Waals surface area contributed by atoms with Gasteiger partial charge in [0.2, 0.25) is 0 Å². The van der Waals surface area contributed by atoms with Crippen LogP contribution in [0.3, 0.4) is 0 Å². The smallest absolute Gasteiger partial charge is 0.326 e. The Morgan fingerprint density at radius 2 is 1.85 bits per heavy atom. The fourth-order valence-electron chi connectivity index (χ4n) is 4.54.